The standard InChI is InChI=1S/C54H38N2OSi/c1-3-18-39(19-4-1)58(40-20-5-2-6-21-40,53-32-16-27-46-45-26-10-14-31-52(45)57-54(46)53)41-22-15-17-37(35-41)55-50-30-13-9-25-44(50)47-36-38(33-34-51(47)55)56-48-28-11-7-23-42(48)43-24-8-12-29-49(43)56/h1-32,35-36H,33-34H2. The van der Waals surface area contributed by atoms with E-state index in [9.17, 15) is 0 Å². The molecule has 1 aliphatic rings. The van der Waals surface area contributed by atoms with Gasteiger partial charge in [-0.15, -0.1) is 0 Å². The molecule has 12 rings (SSSR count). The monoisotopic (exact) mass is 758 g/mol. The van der Waals surface area contributed by atoms with Gasteiger partial charge < -0.3 is 13.6 Å². The first kappa shape index (κ1) is 33.0. The molecule has 0 unspecified atom stereocenters. The van der Waals surface area contributed by atoms with Crippen LogP contribution >= 0.6 is 0 Å². The molecule has 0 N–H and O–H groups in total. The van der Waals surface area contributed by atoms with Crippen LogP contribution in [0.15, 0.2) is 205 Å². The van der Waals surface area contributed by atoms with Crippen LogP contribution in [0.2, 0.25) is 0 Å². The summed E-state index contributed by atoms with van der Waals surface area (Å²) >= 11 is 0. The van der Waals surface area contributed by atoms with E-state index in [1.807, 2.05) is 0 Å². The quantitative estimate of drug-likeness (QED) is 0.122. The van der Waals surface area contributed by atoms with Gasteiger partial charge in [-0.2, -0.15) is 0 Å². The molecule has 0 atom stereocenters. The zero-order valence-electron chi connectivity index (χ0n) is 31.8. The van der Waals surface area contributed by atoms with Crippen molar-refractivity contribution in [2.75, 3.05) is 0 Å². The SMILES string of the molecule is C1=C(n2c3ccccc3c3ccccc32)CCc2c1c1ccccc1n2-c1cccc([Si](c2ccccc2)(c2ccccc2)c2cccc3c2oc2ccccc23)c1. The van der Waals surface area contributed by atoms with Crippen LogP contribution in [-0.2, 0) is 6.42 Å². The molecule has 11 aromatic rings. The molecule has 0 aliphatic heterocycles. The lowest BCUT2D eigenvalue weighted by Gasteiger charge is -2.34. The van der Waals surface area contributed by atoms with Crippen molar-refractivity contribution in [3.63, 3.8) is 0 Å². The first-order valence-corrected chi connectivity index (χ1v) is 22.2. The van der Waals surface area contributed by atoms with Crippen LogP contribution in [-0.4, -0.2) is 17.2 Å². The molecule has 0 saturated carbocycles. The van der Waals surface area contributed by atoms with Gasteiger partial charge in [-0.25, -0.2) is 0 Å². The number of fused-ring (bicyclic) bond motifs is 9. The van der Waals surface area contributed by atoms with E-state index in [2.05, 4.69) is 215 Å². The van der Waals surface area contributed by atoms with Gasteiger partial charge in [0.2, 0.25) is 0 Å². The molecule has 0 fully saturated rings. The number of allylic oxidation sites excluding steroid dienone is 1. The normalized spacial score (nSPS) is 13.1. The molecule has 1 aliphatic carbocycles. The van der Waals surface area contributed by atoms with Gasteiger partial charge in [-0.05, 0) is 76.1 Å². The summed E-state index contributed by atoms with van der Waals surface area (Å²) in [4.78, 5) is 0. The van der Waals surface area contributed by atoms with Crippen LogP contribution in [0.25, 0.3) is 72.1 Å². The maximum Gasteiger partial charge on any atom is 0.184 e. The van der Waals surface area contributed by atoms with E-state index >= 15 is 0 Å². The fraction of sp³-hybridized carbons (Fsp3) is 0.0370. The van der Waals surface area contributed by atoms with Gasteiger partial charge >= 0.3 is 0 Å². The number of para-hydroxylation sites is 5. The Balaban J connectivity index is 1.12. The van der Waals surface area contributed by atoms with Crippen molar-refractivity contribution in [3.8, 4) is 5.69 Å². The topological polar surface area (TPSA) is 23.0 Å². The van der Waals surface area contributed by atoms with Gasteiger partial charge in [-0.1, -0.05) is 164 Å². The summed E-state index contributed by atoms with van der Waals surface area (Å²) in [6, 6.07) is 73.7. The minimum absolute atomic E-state index is 0.918. The van der Waals surface area contributed by atoms with E-state index < -0.39 is 8.07 Å². The molecule has 0 amide bonds. The summed E-state index contributed by atoms with van der Waals surface area (Å²) in [5.41, 5.74) is 10.8. The van der Waals surface area contributed by atoms with Crippen LogP contribution in [0.5, 0.6) is 0 Å². The van der Waals surface area contributed by atoms with Crippen molar-refractivity contribution < 1.29 is 4.42 Å². The Morgan fingerprint density at radius 3 is 1.64 bits per heavy atom. The van der Waals surface area contributed by atoms with Crippen LogP contribution in [0.4, 0.5) is 0 Å². The van der Waals surface area contributed by atoms with Crippen molar-refractivity contribution in [1.29, 1.82) is 0 Å². The molecule has 274 valence electrons. The predicted molar refractivity (Wildman–Crippen MR) is 246 cm³/mol. The molecule has 8 aromatic carbocycles. The largest absolute Gasteiger partial charge is 0.456 e. The van der Waals surface area contributed by atoms with Crippen molar-refractivity contribution in [2.45, 2.75) is 12.8 Å². The molecule has 3 nitrogen and oxygen atoms in total. The summed E-state index contributed by atoms with van der Waals surface area (Å²) in [5, 5.41) is 11.4. The summed E-state index contributed by atoms with van der Waals surface area (Å²) < 4.78 is 11.9. The maximum absolute atomic E-state index is 6.90. The number of furan rings is 1. The fourth-order valence-electron chi connectivity index (χ4n) is 10.2. The Bertz CT molecular complexity index is 3310. The average molecular weight is 759 g/mol. The Labute approximate surface area is 337 Å². The molecule has 0 spiro atoms. The van der Waals surface area contributed by atoms with Crippen LogP contribution in [0.1, 0.15) is 17.7 Å². The molecule has 0 bridgehead atoms. The smallest absolute Gasteiger partial charge is 0.184 e. The third kappa shape index (κ3) is 4.73. The van der Waals surface area contributed by atoms with Crippen molar-refractivity contribution in [2.24, 2.45) is 0 Å². The molecule has 3 aromatic heterocycles. The van der Waals surface area contributed by atoms with E-state index in [0.29, 0.717) is 0 Å². The summed E-state index contributed by atoms with van der Waals surface area (Å²) in [7, 11) is -3.00. The lowest BCUT2D eigenvalue weighted by atomic mass is 9.99. The Morgan fingerprint density at radius 1 is 0.414 bits per heavy atom. The van der Waals surface area contributed by atoms with Crippen LogP contribution < -0.4 is 20.7 Å². The van der Waals surface area contributed by atoms with Gasteiger partial charge in [-0.3, -0.25) is 0 Å². The van der Waals surface area contributed by atoms with Crippen molar-refractivity contribution in [3.05, 3.63) is 211 Å². The zero-order valence-corrected chi connectivity index (χ0v) is 32.8. The second-order valence-corrected chi connectivity index (χ2v) is 19.3. The van der Waals surface area contributed by atoms with Gasteiger partial charge in [0.25, 0.3) is 0 Å². The van der Waals surface area contributed by atoms with Crippen molar-refractivity contribution in [1.82, 2.24) is 9.13 Å². The second-order valence-electron chi connectivity index (χ2n) is 15.5. The van der Waals surface area contributed by atoms with E-state index in [-0.39, 0.29) is 0 Å². The van der Waals surface area contributed by atoms with Crippen molar-refractivity contribution >= 4 is 95.2 Å². The molecular formula is C54H38N2OSi. The first-order valence-electron chi connectivity index (χ1n) is 20.2. The third-order valence-electron chi connectivity index (χ3n) is 12.6. The van der Waals surface area contributed by atoms with Gasteiger partial charge in [0, 0.05) is 49.6 Å². The molecule has 4 heteroatoms. The number of benzene rings is 8. The molecule has 3 heterocycles. The van der Waals surface area contributed by atoms with Gasteiger partial charge in [0.05, 0.1) is 16.6 Å². The summed E-state index contributed by atoms with van der Waals surface area (Å²) in [6.07, 6.45) is 4.33. The Morgan fingerprint density at radius 2 is 0.948 bits per heavy atom. The predicted octanol–water partition coefficient (Wildman–Crippen LogP) is 11.0. The number of nitrogens with zero attached hydrogens (tertiary/aromatic N) is 2. The third-order valence-corrected chi connectivity index (χ3v) is 17.3. The lowest BCUT2D eigenvalue weighted by Crippen LogP contribution is -2.74. The number of rotatable bonds is 6. The first-order chi connectivity index (χ1) is 28.8. The number of aromatic nitrogens is 2. The van der Waals surface area contributed by atoms with E-state index in [1.54, 1.807) is 0 Å². The Kier molecular flexibility index (Phi) is 7.38. The highest BCUT2D eigenvalue weighted by Gasteiger charge is 2.44. The van der Waals surface area contributed by atoms with Crippen LogP contribution in [0.3, 0.4) is 0 Å². The molecule has 58 heavy (non-hydrogen) atoms. The number of hydrogen-bond acceptors (Lipinski definition) is 1. The molecule has 0 radical (unpaired) electrons. The summed E-state index contributed by atoms with van der Waals surface area (Å²) in [6.45, 7) is 0. The summed E-state index contributed by atoms with van der Waals surface area (Å²) in [5.74, 6) is 0. The molecule has 0 saturated heterocycles. The van der Waals surface area contributed by atoms with Gasteiger partial charge in [0.1, 0.15) is 11.2 Å². The maximum atomic E-state index is 6.90. The highest BCUT2D eigenvalue weighted by atomic mass is 28.3. The highest BCUT2D eigenvalue weighted by Crippen LogP contribution is 2.40. The number of hydrogen-bond donors (Lipinski definition) is 0. The van der Waals surface area contributed by atoms with Gasteiger partial charge in [0.15, 0.2) is 8.07 Å². The Hall–Kier alpha value is -7.14. The van der Waals surface area contributed by atoms with E-state index in [4.69, 9.17) is 4.42 Å². The molecular weight excluding hydrogens is 721 g/mol. The minimum atomic E-state index is -3.00. The highest BCUT2D eigenvalue weighted by molar-refractivity contribution is 7.20. The zero-order chi connectivity index (χ0) is 38.2. The average Bonchev–Trinajstić information content (AvgIpc) is 3.96. The van der Waals surface area contributed by atoms with Crippen LogP contribution in [0, 0.1) is 0 Å². The lowest BCUT2D eigenvalue weighted by molar-refractivity contribution is 0.671. The second kappa shape index (κ2) is 13.0. The van der Waals surface area contributed by atoms with E-state index in [0.717, 1.165) is 34.8 Å². The van der Waals surface area contributed by atoms with E-state index in [1.165, 1.54) is 76.1 Å². The fourth-order valence-corrected chi connectivity index (χ4v) is 15.1. The minimum Gasteiger partial charge on any atom is -0.456 e.